The van der Waals surface area contributed by atoms with E-state index < -0.39 is 0 Å². The Hall–Kier alpha value is 0.169. The predicted molar refractivity (Wildman–Crippen MR) is 71.8 cm³/mol. The van der Waals surface area contributed by atoms with Gasteiger partial charge in [0.25, 0.3) is 0 Å². The van der Waals surface area contributed by atoms with E-state index >= 15 is 0 Å². The molecule has 0 heterocycles. The van der Waals surface area contributed by atoms with E-state index in [1.807, 2.05) is 0 Å². The first-order valence-corrected chi connectivity index (χ1v) is 7.46. The van der Waals surface area contributed by atoms with Gasteiger partial charge >= 0.3 is 90.4 Å². The van der Waals surface area contributed by atoms with E-state index in [9.17, 15) is 0 Å². The van der Waals surface area contributed by atoms with Crippen molar-refractivity contribution in [2.45, 2.75) is 77.6 Å². The quantitative estimate of drug-likeness (QED) is 0.386. The van der Waals surface area contributed by atoms with Crippen molar-refractivity contribution in [1.29, 1.82) is 0 Å². The Kier molecular flexibility index (Phi) is 14.3. The van der Waals surface area contributed by atoms with E-state index in [1.54, 1.807) is 0 Å². The van der Waals surface area contributed by atoms with Crippen LogP contribution < -0.4 is 0 Å². The summed E-state index contributed by atoms with van der Waals surface area (Å²) in [6.45, 7) is 2.28. The van der Waals surface area contributed by atoms with E-state index in [4.69, 9.17) is 0 Å². The van der Waals surface area contributed by atoms with Crippen LogP contribution in [-0.2, 0) is 0 Å². The molecule has 0 nitrogen and oxygen atoms in total. The van der Waals surface area contributed by atoms with Crippen LogP contribution in [0.1, 0.15) is 77.6 Å². The van der Waals surface area contributed by atoms with Crippen molar-refractivity contribution < 1.29 is 0 Å². The Morgan fingerprint density at radius 1 is 0.800 bits per heavy atom. The van der Waals surface area contributed by atoms with Crippen molar-refractivity contribution in [3.63, 3.8) is 0 Å². The van der Waals surface area contributed by atoms with Gasteiger partial charge in [0.1, 0.15) is 0 Å². The molecule has 0 aromatic carbocycles. The topological polar surface area (TPSA) is 0 Å². The Balaban J connectivity index is 2.89. The summed E-state index contributed by atoms with van der Waals surface area (Å²) in [6, 6.07) is 0. The second-order valence-corrected chi connectivity index (χ2v) is 4.79. The van der Waals surface area contributed by atoms with E-state index in [-0.39, 0.29) is 0 Å². The van der Waals surface area contributed by atoms with Gasteiger partial charge in [-0.3, -0.25) is 0 Å². The Bertz CT molecular complexity index is 157. The van der Waals surface area contributed by atoms with Crippen LogP contribution in [-0.4, -0.2) is 20.2 Å². The molecule has 0 bridgehead atoms. The van der Waals surface area contributed by atoms with Gasteiger partial charge in [-0.15, -0.1) is 0 Å². The zero-order chi connectivity index (χ0) is 11.2. The molecule has 0 radical (unpaired) electrons. The van der Waals surface area contributed by atoms with Gasteiger partial charge in [-0.05, 0) is 0 Å². The molecule has 0 rings (SSSR count). The fraction of sp³-hybridized carbons (Fsp3) is 0.857. The third kappa shape index (κ3) is 14.2. The van der Waals surface area contributed by atoms with Gasteiger partial charge in [0.15, 0.2) is 0 Å². The van der Waals surface area contributed by atoms with Gasteiger partial charge in [0, 0.05) is 0 Å². The van der Waals surface area contributed by atoms with Crippen LogP contribution in [0, 0.1) is 0 Å². The minimum absolute atomic E-state index is 1.20. The molecule has 0 atom stereocenters. The first kappa shape index (κ1) is 15.2. The van der Waals surface area contributed by atoms with Crippen molar-refractivity contribution in [2.75, 3.05) is 0 Å². The van der Waals surface area contributed by atoms with Crippen molar-refractivity contribution in [2.24, 2.45) is 0 Å². The van der Waals surface area contributed by atoms with Gasteiger partial charge < -0.3 is 0 Å². The summed E-state index contributed by atoms with van der Waals surface area (Å²) >= 11 is 2.77. The van der Waals surface area contributed by atoms with Crippen LogP contribution in [0.15, 0.2) is 6.08 Å². The number of hydrogen-bond acceptors (Lipinski definition) is 0. The van der Waals surface area contributed by atoms with Crippen molar-refractivity contribution in [3.8, 4) is 0 Å². The molecule has 0 aliphatic rings. The van der Waals surface area contributed by atoms with Gasteiger partial charge in [-0.2, -0.15) is 0 Å². The number of rotatable bonds is 11. The maximum atomic E-state index is 2.95. The van der Waals surface area contributed by atoms with E-state index in [2.05, 4.69) is 33.2 Å². The first-order valence-electron chi connectivity index (χ1n) is 6.61. The van der Waals surface area contributed by atoms with Crippen LogP contribution in [0.4, 0.5) is 0 Å². The zero-order valence-corrected chi connectivity index (χ0v) is 12.0. The molecule has 0 aliphatic carbocycles. The zero-order valence-electron chi connectivity index (χ0n) is 10.3. The van der Waals surface area contributed by atoms with E-state index in [1.165, 1.54) is 70.6 Å². The summed E-state index contributed by atoms with van der Waals surface area (Å²) in [7, 11) is 0. The molecule has 0 aromatic rings. The average molecular weight is 273 g/mol. The molecule has 0 unspecified atom stereocenters. The number of allylic oxidation sites excluding steroid dienone is 1. The molecule has 0 saturated carbocycles. The summed E-state index contributed by atoms with van der Waals surface area (Å²) in [4.78, 5) is 0. The number of hydrogen-bond donors (Lipinski definition) is 0. The second-order valence-electron chi connectivity index (χ2n) is 4.29. The molecule has 0 spiro atoms. The van der Waals surface area contributed by atoms with Crippen LogP contribution in [0.3, 0.4) is 0 Å². The molecule has 0 aromatic heterocycles. The van der Waals surface area contributed by atoms with Crippen LogP contribution in [0.25, 0.3) is 0 Å². The molecule has 88 valence electrons. The minimum atomic E-state index is 1.20. The van der Waals surface area contributed by atoms with Crippen LogP contribution in [0.5, 0.6) is 0 Å². The van der Waals surface area contributed by atoms with Gasteiger partial charge in [-0.25, -0.2) is 0 Å². The number of unbranched alkanes of at least 4 members (excludes halogenated alkanes) is 10. The van der Waals surface area contributed by atoms with E-state index in [0.29, 0.717) is 0 Å². The summed E-state index contributed by atoms with van der Waals surface area (Å²) in [5.41, 5.74) is 0. The fourth-order valence-electron chi connectivity index (χ4n) is 1.79. The molecule has 15 heavy (non-hydrogen) atoms. The summed E-state index contributed by atoms with van der Waals surface area (Å²) in [5, 5.41) is 0. The maximum absolute atomic E-state index is 2.95. The second kappa shape index (κ2) is 14.2. The third-order valence-corrected chi connectivity index (χ3v) is 3.14. The Labute approximate surface area is 104 Å². The molecule has 0 fully saturated rings. The summed E-state index contributed by atoms with van der Waals surface area (Å²) in [6.07, 6.45) is 17.5. The van der Waals surface area contributed by atoms with E-state index in [0.717, 1.165) is 0 Å². The van der Waals surface area contributed by atoms with Crippen molar-refractivity contribution >= 4 is 20.2 Å². The van der Waals surface area contributed by atoms with Crippen LogP contribution in [0.2, 0.25) is 0 Å². The molecular weight excluding hydrogens is 247 g/mol. The molecular formula is C14H26Se. The van der Waals surface area contributed by atoms with Gasteiger partial charge in [0.2, 0.25) is 0 Å². The summed E-state index contributed by atoms with van der Waals surface area (Å²) < 4.78 is 2.95. The first-order chi connectivity index (χ1) is 7.41. The van der Waals surface area contributed by atoms with Crippen molar-refractivity contribution in [3.05, 3.63) is 6.08 Å². The molecule has 0 aliphatic heterocycles. The molecule has 0 amide bonds. The predicted octanol–water partition coefficient (Wildman–Crippen LogP) is 4.42. The monoisotopic (exact) mass is 274 g/mol. The third-order valence-electron chi connectivity index (χ3n) is 2.79. The standard InChI is InChI=1S/C14H26Se/c1-2-3-4-5-6-7-8-9-10-11-12-13-14-15/h13H,2-12H2,1H3. The molecule has 1 heteroatoms. The van der Waals surface area contributed by atoms with Crippen molar-refractivity contribution in [1.82, 2.24) is 0 Å². The van der Waals surface area contributed by atoms with Gasteiger partial charge in [0.05, 0.1) is 0 Å². The molecule has 0 saturated heterocycles. The molecule has 0 N–H and O–H groups in total. The Morgan fingerprint density at radius 3 is 1.73 bits per heavy atom. The Morgan fingerprint density at radius 2 is 1.27 bits per heavy atom. The average Bonchev–Trinajstić information content (AvgIpc) is 2.26. The summed E-state index contributed by atoms with van der Waals surface area (Å²) in [5.74, 6) is 0. The van der Waals surface area contributed by atoms with Crippen LogP contribution >= 0.6 is 0 Å². The SMILES string of the molecule is CCCCCCCCCCCCC=C=[Se]. The normalized spacial score (nSPS) is 9.93. The fourth-order valence-corrected chi connectivity index (χ4v) is 2.04. The van der Waals surface area contributed by atoms with Gasteiger partial charge in [-0.1, -0.05) is 13.3 Å².